The molecule has 0 heterocycles. The molecule has 1 N–H and O–H groups in total. The van der Waals surface area contributed by atoms with Crippen LogP contribution in [-0.4, -0.2) is 90.3 Å². The highest BCUT2D eigenvalue weighted by Gasteiger charge is 2.17. The molecule has 0 aliphatic rings. The van der Waals surface area contributed by atoms with Crippen LogP contribution in [0.5, 0.6) is 0 Å². The lowest BCUT2D eigenvalue weighted by Gasteiger charge is -2.22. The first-order valence-corrected chi connectivity index (χ1v) is 9.93. The smallest absolute Gasteiger partial charge is 0.225 e. The van der Waals surface area contributed by atoms with Gasteiger partial charge in [-0.15, -0.1) is 0 Å². The van der Waals surface area contributed by atoms with E-state index in [1.54, 1.807) is 4.90 Å². The van der Waals surface area contributed by atoms with Gasteiger partial charge in [0.2, 0.25) is 5.91 Å². The van der Waals surface area contributed by atoms with Crippen molar-refractivity contribution in [3.05, 3.63) is 0 Å². The van der Waals surface area contributed by atoms with Crippen LogP contribution in [0.15, 0.2) is 0 Å². The number of carbonyl (C=O) groups is 1. The molecule has 0 aromatic rings. The number of likely N-dealkylation sites (N-methyl/N-ethyl adjacent to an activating group) is 2. The zero-order chi connectivity index (χ0) is 19.5. The fraction of sp³-hybridized carbons (Fsp3) is 0.947. The minimum Gasteiger partial charge on any atom is -0.378 e. The lowest BCUT2D eigenvalue weighted by molar-refractivity contribution is -0.135. The molecule has 0 saturated carbocycles. The number of nitrogens with one attached hydrogen (secondary N) is 1. The highest BCUT2D eigenvalue weighted by Crippen LogP contribution is 2.10. The van der Waals surface area contributed by atoms with Crippen LogP contribution in [0.25, 0.3) is 0 Å². The van der Waals surface area contributed by atoms with Gasteiger partial charge in [0, 0.05) is 26.1 Å². The third-order valence-corrected chi connectivity index (χ3v) is 4.07. The topological polar surface area (TPSA) is 69.3 Å². The van der Waals surface area contributed by atoms with Crippen LogP contribution < -0.4 is 5.32 Å². The summed E-state index contributed by atoms with van der Waals surface area (Å²) in [4.78, 5) is 13.9. The molecule has 0 bridgehead atoms. The molecule has 26 heavy (non-hydrogen) atoms. The minimum absolute atomic E-state index is 0.127. The van der Waals surface area contributed by atoms with Crippen LogP contribution in [0, 0.1) is 5.92 Å². The average Bonchev–Trinajstić information content (AvgIpc) is 2.65. The third-order valence-electron chi connectivity index (χ3n) is 4.07. The van der Waals surface area contributed by atoms with Gasteiger partial charge in [-0.25, -0.2) is 0 Å². The molecule has 0 spiro atoms. The van der Waals surface area contributed by atoms with E-state index >= 15 is 0 Å². The molecule has 0 saturated heterocycles. The van der Waals surface area contributed by atoms with E-state index in [1.165, 1.54) is 0 Å². The Labute approximate surface area is 159 Å². The van der Waals surface area contributed by atoms with E-state index in [1.807, 2.05) is 7.05 Å². The van der Waals surface area contributed by atoms with Crippen LogP contribution in [0.4, 0.5) is 0 Å². The third kappa shape index (κ3) is 14.4. The van der Waals surface area contributed by atoms with Crippen LogP contribution >= 0.6 is 0 Å². The molecular weight excluding hydrogens is 336 g/mol. The van der Waals surface area contributed by atoms with Crippen molar-refractivity contribution >= 4 is 5.91 Å². The standard InChI is InChI=1S/C19H40N2O5/c1-5-18(6-2)19(22)21(4)9-11-24-13-15-26-17-16-25-14-12-23-10-8-20-7-3/h18,20H,5-17H2,1-4H3. The first kappa shape index (κ1) is 25.3. The van der Waals surface area contributed by atoms with Crippen molar-refractivity contribution in [2.75, 3.05) is 79.5 Å². The van der Waals surface area contributed by atoms with Gasteiger partial charge >= 0.3 is 0 Å². The lowest BCUT2D eigenvalue weighted by Crippen LogP contribution is -2.35. The predicted octanol–water partition coefficient (Wildman–Crippen LogP) is 1.56. The van der Waals surface area contributed by atoms with E-state index in [2.05, 4.69) is 26.1 Å². The fourth-order valence-corrected chi connectivity index (χ4v) is 2.34. The highest BCUT2D eigenvalue weighted by molar-refractivity contribution is 5.78. The fourth-order valence-electron chi connectivity index (χ4n) is 2.34. The number of hydrogen-bond acceptors (Lipinski definition) is 6. The number of carbonyl (C=O) groups excluding carboxylic acids is 1. The van der Waals surface area contributed by atoms with E-state index in [0.717, 1.165) is 25.9 Å². The number of ether oxygens (including phenoxy) is 4. The zero-order valence-electron chi connectivity index (χ0n) is 17.3. The van der Waals surface area contributed by atoms with Gasteiger partial charge in [-0.05, 0) is 19.4 Å². The SMILES string of the molecule is CCNCCOCCOCCOCCOCCN(C)C(=O)C(CC)CC. The van der Waals surface area contributed by atoms with E-state index in [4.69, 9.17) is 18.9 Å². The lowest BCUT2D eigenvalue weighted by atomic mass is 10.0. The first-order chi connectivity index (χ1) is 12.7. The van der Waals surface area contributed by atoms with E-state index in [-0.39, 0.29) is 11.8 Å². The van der Waals surface area contributed by atoms with Crippen molar-refractivity contribution in [3.8, 4) is 0 Å². The van der Waals surface area contributed by atoms with Crippen LogP contribution in [-0.2, 0) is 23.7 Å². The highest BCUT2D eigenvalue weighted by atomic mass is 16.6. The molecule has 7 heteroatoms. The van der Waals surface area contributed by atoms with Crippen LogP contribution in [0.2, 0.25) is 0 Å². The summed E-state index contributed by atoms with van der Waals surface area (Å²) in [6.45, 7) is 13.2. The Balaban J connectivity index is 3.30. The molecule has 0 aromatic carbocycles. The molecule has 0 rings (SSSR count). The first-order valence-electron chi connectivity index (χ1n) is 9.93. The second-order valence-corrected chi connectivity index (χ2v) is 6.08. The van der Waals surface area contributed by atoms with E-state index < -0.39 is 0 Å². The summed E-state index contributed by atoms with van der Waals surface area (Å²) >= 11 is 0. The molecule has 7 nitrogen and oxygen atoms in total. The maximum absolute atomic E-state index is 12.1. The largest absolute Gasteiger partial charge is 0.378 e. The predicted molar refractivity (Wildman–Crippen MR) is 104 cm³/mol. The van der Waals surface area contributed by atoms with Gasteiger partial charge in [0.05, 0.1) is 52.9 Å². The zero-order valence-corrected chi connectivity index (χ0v) is 17.3. The van der Waals surface area contributed by atoms with Gasteiger partial charge in [-0.1, -0.05) is 20.8 Å². The Kier molecular flexibility index (Phi) is 18.5. The molecule has 0 radical (unpaired) electrons. The van der Waals surface area contributed by atoms with Crippen molar-refractivity contribution in [2.24, 2.45) is 5.92 Å². The summed E-state index contributed by atoms with van der Waals surface area (Å²) in [5, 5.41) is 3.19. The second kappa shape index (κ2) is 19.0. The van der Waals surface area contributed by atoms with Gasteiger partial charge in [-0.2, -0.15) is 0 Å². The number of nitrogens with zero attached hydrogens (tertiary/aromatic N) is 1. The Morgan fingerprint density at radius 2 is 1.27 bits per heavy atom. The summed E-state index contributed by atoms with van der Waals surface area (Å²) in [6.07, 6.45) is 1.78. The normalized spacial score (nSPS) is 11.3. The van der Waals surface area contributed by atoms with Crippen LogP contribution in [0.1, 0.15) is 33.6 Å². The van der Waals surface area contributed by atoms with E-state index in [9.17, 15) is 4.79 Å². The van der Waals surface area contributed by atoms with Gasteiger partial charge in [0.25, 0.3) is 0 Å². The number of hydrogen-bond donors (Lipinski definition) is 1. The molecule has 0 aromatic heterocycles. The molecule has 0 fully saturated rings. The van der Waals surface area contributed by atoms with E-state index in [0.29, 0.717) is 59.4 Å². The number of rotatable bonds is 19. The van der Waals surface area contributed by atoms with Crippen molar-refractivity contribution in [1.82, 2.24) is 10.2 Å². The van der Waals surface area contributed by atoms with Crippen molar-refractivity contribution in [3.63, 3.8) is 0 Å². The van der Waals surface area contributed by atoms with Crippen molar-refractivity contribution in [2.45, 2.75) is 33.6 Å². The molecule has 1 amide bonds. The van der Waals surface area contributed by atoms with Crippen molar-refractivity contribution in [1.29, 1.82) is 0 Å². The Morgan fingerprint density at radius 1 is 0.808 bits per heavy atom. The molecule has 156 valence electrons. The Bertz CT molecular complexity index is 314. The molecular formula is C19H40N2O5. The molecule has 0 atom stereocenters. The average molecular weight is 377 g/mol. The van der Waals surface area contributed by atoms with Crippen LogP contribution in [0.3, 0.4) is 0 Å². The Morgan fingerprint density at radius 3 is 1.73 bits per heavy atom. The van der Waals surface area contributed by atoms with Gasteiger partial charge in [0.1, 0.15) is 0 Å². The number of amides is 1. The Hall–Kier alpha value is -0.730. The quantitative estimate of drug-likeness (QED) is 0.345. The molecule has 0 aliphatic carbocycles. The summed E-state index contributed by atoms with van der Waals surface area (Å²) in [6, 6.07) is 0. The summed E-state index contributed by atoms with van der Waals surface area (Å²) in [7, 11) is 1.84. The monoisotopic (exact) mass is 376 g/mol. The second-order valence-electron chi connectivity index (χ2n) is 6.08. The summed E-state index contributed by atoms with van der Waals surface area (Å²) in [5.74, 6) is 0.333. The van der Waals surface area contributed by atoms with Gasteiger partial charge in [-0.3, -0.25) is 4.79 Å². The summed E-state index contributed by atoms with van der Waals surface area (Å²) < 4.78 is 21.8. The maximum Gasteiger partial charge on any atom is 0.225 e. The maximum atomic E-state index is 12.1. The summed E-state index contributed by atoms with van der Waals surface area (Å²) in [5.41, 5.74) is 0. The van der Waals surface area contributed by atoms with Gasteiger partial charge < -0.3 is 29.2 Å². The molecule has 0 aliphatic heterocycles. The van der Waals surface area contributed by atoms with Gasteiger partial charge in [0.15, 0.2) is 0 Å². The molecule has 0 unspecified atom stereocenters. The minimum atomic E-state index is 0.127. The van der Waals surface area contributed by atoms with Crippen molar-refractivity contribution < 1.29 is 23.7 Å².